The zero-order valence-corrected chi connectivity index (χ0v) is 11.7. The van der Waals surface area contributed by atoms with E-state index in [-0.39, 0.29) is 11.7 Å². The Labute approximate surface area is 117 Å². The number of nitrogens with two attached hydrogens (primary N) is 1. The van der Waals surface area contributed by atoms with Crippen LogP contribution in [0.3, 0.4) is 0 Å². The van der Waals surface area contributed by atoms with Gasteiger partial charge in [0.1, 0.15) is 11.4 Å². The normalized spacial score (nSPS) is 25.7. The number of hydrogen-bond acceptors (Lipinski definition) is 2. The Morgan fingerprint density at radius 2 is 2.10 bits per heavy atom. The fourth-order valence-corrected chi connectivity index (χ4v) is 3.04. The van der Waals surface area contributed by atoms with E-state index in [0.29, 0.717) is 11.8 Å². The monoisotopic (exact) mass is 282 g/mol. The van der Waals surface area contributed by atoms with Crippen LogP contribution in [0.2, 0.25) is 0 Å². The zero-order chi connectivity index (χ0) is 14.9. The number of halogens is 2. The molecule has 5 heteroatoms. The highest BCUT2D eigenvalue weighted by Crippen LogP contribution is 2.34. The molecule has 3 atom stereocenters. The first-order valence-electron chi connectivity index (χ1n) is 7.00. The van der Waals surface area contributed by atoms with Gasteiger partial charge in [0, 0.05) is 6.04 Å². The van der Waals surface area contributed by atoms with E-state index in [9.17, 15) is 13.6 Å². The quantitative estimate of drug-likeness (QED) is 0.837. The van der Waals surface area contributed by atoms with E-state index in [1.54, 1.807) is 0 Å². The largest absolute Gasteiger partial charge is 0.396 e. The van der Waals surface area contributed by atoms with Crippen LogP contribution in [-0.2, 0) is 0 Å². The highest BCUT2D eigenvalue weighted by molar-refractivity contribution is 5.95. The van der Waals surface area contributed by atoms with Gasteiger partial charge in [-0.1, -0.05) is 20.3 Å². The van der Waals surface area contributed by atoms with E-state index in [1.165, 1.54) is 0 Å². The fraction of sp³-hybridized carbons (Fsp3) is 0.533. The molecule has 1 amide bonds. The smallest absolute Gasteiger partial charge is 0.257 e. The minimum Gasteiger partial charge on any atom is -0.396 e. The number of carbonyl (C=O) groups excluding carboxylic acids is 1. The third-order valence-electron chi connectivity index (χ3n) is 4.42. The van der Waals surface area contributed by atoms with Crippen molar-refractivity contribution in [3.8, 4) is 0 Å². The second-order valence-corrected chi connectivity index (χ2v) is 5.51. The molecule has 110 valence electrons. The van der Waals surface area contributed by atoms with E-state index in [4.69, 9.17) is 5.73 Å². The molecular weight excluding hydrogens is 262 g/mol. The topological polar surface area (TPSA) is 55.1 Å². The SMILES string of the molecule is CCC1CCC(NC(=O)c2c(F)ccc(N)c2F)C1C. The molecule has 0 aliphatic heterocycles. The molecular formula is C15H20F2N2O. The van der Waals surface area contributed by atoms with E-state index < -0.39 is 23.1 Å². The summed E-state index contributed by atoms with van der Waals surface area (Å²) in [4.78, 5) is 12.1. The van der Waals surface area contributed by atoms with Crippen molar-refractivity contribution in [3.05, 3.63) is 29.3 Å². The molecule has 3 nitrogen and oxygen atoms in total. The van der Waals surface area contributed by atoms with Gasteiger partial charge in [-0.25, -0.2) is 8.78 Å². The van der Waals surface area contributed by atoms with Crippen molar-refractivity contribution in [3.63, 3.8) is 0 Å². The van der Waals surface area contributed by atoms with Crippen LogP contribution in [0, 0.1) is 23.5 Å². The molecule has 3 N–H and O–H groups in total. The van der Waals surface area contributed by atoms with Crippen molar-refractivity contribution in [2.24, 2.45) is 11.8 Å². The highest BCUT2D eigenvalue weighted by atomic mass is 19.1. The Morgan fingerprint density at radius 3 is 2.70 bits per heavy atom. The predicted molar refractivity (Wildman–Crippen MR) is 74.2 cm³/mol. The summed E-state index contributed by atoms with van der Waals surface area (Å²) < 4.78 is 27.4. The molecule has 3 unspecified atom stereocenters. The standard InChI is InChI=1S/C15H20F2N2O/c1-3-9-4-7-12(8(9)2)19-15(20)13-10(16)5-6-11(18)14(13)17/h5-6,8-9,12H,3-4,7,18H2,1-2H3,(H,19,20). The molecule has 1 aromatic rings. The fourth-order valence-electron chi connectivity index (χ4n) is 3.04. The van der Waals surface area contributed by atoms with Crippen LogP contribution in [0.25, 0.3) is 0 Å². The maximum Gasteiger partial charge on any atom is 0.257 e. The van der Waals surface area contributed by atoms with Crippen LogP contribution >= 0.6 is 0 Å². The summed E-state index contributed by atoms with van der Waals surface area (Å²) in [7, 11) is 0. The first-order chi connectivity index (χ1) is 9.45. The van der Waals surface area contributed by atoms with Gasteiger partial charge in [-0.2, -0.15) is 0 Å². The van der Waals surface area contributed by atoms with Gasteiger partial charge in [0.05, 0.1) is 5.69 Å². The van der Waals surface area contributed by atoms with Crippen LogP contribution in [0.1, 0.15) is 43.5 Å². The van der Waals surface area contributed by atoms with Crippen molar-refractivity contribution in [2.75, 3.05) is 5.73 Å². The Balaban J connectivity index is 2.16. The molecule has 0 aromatic heterocycles. The number of benzene rings is 1. The van der Waals surface area contributed by atoms with Gasteiger partial charge in [-0.3, -0.25) is 4.79 Å². The number of carbonyl (C=O) groups is 1. The number of nitrogens with one attached hydrogen (secondary N) is 1. The lowest BCUT2D eigenvalue weighted by molar-refractivity contribution is 0.0918. The third kappa shape index (κ3) is 2.62. The van der Waals surface area contributed by atoms with Gasteiger partial charge in [-0.15, -0.1) is 0 Å². The summed E-state index contributed by atoms with van der Waals surface area (Å²) in [5.74, 6) is -1.72. The molecule has 20 heavy (non-hydrogen) atoms. The van der Waals surface area contributed by atoms with Crippen LogP contribution < -0.4 is 11.1 Å². The summed E-state index contributed by atoms with van der Waals surface area (Å²) in [6, 6.07) is 2.10. The molecule has 1 aromatic carbocycles. The van der Waals surface area contributed by atoms with Gasteiger partial charge in [-0.05, 0) is 36.8 Å². The molecule has 0 saturated heterocycles. The van der Waals surface area contributed by atoms with Crippen LogP contribution in [-0.4, -0.2) is 11.9 Å². The minimum absolute atomic E-state index is 0.0346. The maximum absolute atomic E-state index is 13.8. The minimum atomic E-state index is -0.986. The molecule has 0 spiro atoms. The first kappa shape index (κ1) is 14.8. The number of nitrogen functional groups attached to an aromatic ring is 1. The molecule has 1 saturated carbocycles. The molecule has 0 heterocycles. The van der Waals surface area contributed by atoms with Crippen LogP contribution in [0.5, 0.6) is 0 Å². The molecule has 2 rings (SSSR count). The van der Waals surface area contributed by atoms with Gasteiger partial charge in [0.15, 0.2) is 5.82 Å². The van der Waals surface area contributed by atoms with Gasteiger partial charge in [0.25, 0.3) is 5.91 Å². The van der Waals surface area contributed by atoms with Gasteiger partial charge >= 0.3 is 0 Å². The molecule has 1 aliphatic rings. The number of amides is 1. The second-order valence-electron chi connectivity index (χ2n) is 5.51. The molecule has 1 fully saturated rings. The highest BCUT2D eigenvalue weighted by Gasteiger charge is 2.33. The lowest BCUT2D eigenvalue weighted by atomic mass is 9.93. The third-order valence-corrected chi connectivity index (χ3v) is 4.42. The molecule has 1 aliphatic carbocycles. The number of anilines is 1. The summed E-state index contributed by atoms with van der Waals surface area (Å²) in [5, 5.41) is 2.74. The summed E-state index contributed by atoms with van der Waals surface area (Å²) >= 11 is 0. The summed E-state index contributed by atoms with van der Waals surface area (Å²) in [5.41, 5.74) is 4.58. The Hall–Kier alpha value is -1.65. The Bertz CT molecular complexity index is 519. The lowest BCUT2D eigenvalue weighted by Gasteiger charge is -2.21. The second kappa shape index (κ2) is 5.77. The zero-order valence-electron chi connectivity index (χ0n) is 11.7. The van der Waals surface area contributed by atoms with E-state index in [1.807, 2.05) is 0 Å². The molecule has 0 bridgehead atoms. The molecule has 0 radical (unpaired) electrons. The van der Waals surface area contributed by atoms with Crippen molar-refractivity contribution >= 4 is 11.6 Å². The van der Waals surface area contributed by atoms with Gasteiger partial charge < -0.3 is 11.1 Å². The maximum atomic E-state index is 13.8. The van der Waals surface area contributed by atoms with Crippen LogP contribution in [0.4, 0.5) is 14.5 Å². The van der Waals surface area contributed by atoms with Crippen molar-refractivity contribution in [1.29, 1.82) is 0 Å². The van der Waals surface area contributed by atoms with Crippen molar-refractivity contribution in [2.45, 2.75) is 39.2 Å². The lowest BCUT2D eigenvalue weighted by Crippen LogP contribution is -2.38. The number of hydrogen-bond donors (Lipinski definition) is 2. The predicted octanol–water partition coefficient (Wildman–Crippen LogP) is 3.10. The van der Waals surface area contributed by atoms with Gasteiger partial charge in [0.2, 0.25) is 0 Å². The summed E-state index contributed by atoms with van der Waals surface area (Å²) in [6.45, 7) is 4.18. The Kier molecular flexibility index (Phi) is 4.26. The van der Waals surface area contributed by atoms with Crippen molar-refractivity contribution in [1.82, 2.24) is 5.32 Å². The number of rotatable bonds is 3. The van der Waals surface area contributed by atoms with E-state index in [2.05, 4.69) is 19.2 Å². The van der Waals surface area contributed by atoms with E-state index in [0.717, 1.165) is 31.4 Å². The first-order valence-corrected chi connectivity index (χ1v) is 7.00. The average Bonchev–Trinajstić information content (AvgIpc) is 2.75. The summed E-state index contributed by atoms with van der Waals surface area (Å²) in [6.07, 6.45) is 2.93. The van der Waals surface area contributed by atoms with E-state index >= 15 is 0 Å². The van der Waals surface area contributed by atoms with Crippen LogP contribution in [0.15, 0.2) is 12.1 Å². The van der Waals surface area contributed by atoms with Crippen molar-refractivity contribution < 1.29 is 13.6 Å². The Morgan fingerprint density at radius 1 is 1.40 bits per heavy atom. The average molecular weight is 282 g/mol.